The number of fused-ring (bicyclic) bond motifs is 1. The highest BCUT2D eigenvalue weighted by Gasteiger charge is 2.33. The van der Waals surface area contributed by atoms with Crippen molar-refractivity contribution in [3.05, 3.63) is 65.7 Å². The molecule has 0 aliphatic rings. The number of alkyl halides is 3. The van der Waals surface area contributed by atoms with Gasteiger partial charge in [0.25, 0.3) is 0 Å². The number of nitrogen functional groups attached to an aromatic ring is 1. The number of nitrogens with two attached hydrogens (primary N) is 1. The topological polar surface area (TPSA) is 81.6 Å². The Bertz CT molecular complexity index is 1170. The van der Waals surface area contributed by atoms with Crippen LogP contribution < -0.4 is 11.1 Å². The highest BCUT2D eigenvalue weighted by molar-refractivity contribution is 6.31. The first-order valence-corrected chi connectivity index (χ1v) is 8.39. The molecule has 0 saturated heterocycles. The summed E-state index contributed by atoms with van der Waals surface area (Å²) in [7, 11) is 0. The smallest absolute Gasteiger partial charge is 0.393 e. The van der Waals surface area contributed by atoms with Crippen LogP contribution in [0.15, 0.2) is 55.1 Å². The van der Waals surface area contributed by atoms with Gasteiger partial charge in [0.15, 0.2) is 11.6 Å². The molecule has 2 heterocycles. The minimum Gasteiger partial charge on any atom is -0.393 e. The standard InChI is InChI=1S/C18H12ClF3N6/c19-12-6-5-10(7-11(12)18(20,21)22)27-16-15(23)17(25-8-24-16)28-9-26-13-3-1-2-4-14(13)28/h1-9H,23H2,(H,24,25,27). The van der Waals surface area contributed by atoms with Crippen molar-refractivity contribution in [1.29, 1.82) is 0 Å². The number of hydrogen-bond donors (Lipinski definition) is 2. The van der Waals surface area contributed by atoms with E-state index in [0.717, 1.165) is 23.2 Å². The third kappa shape index (κ3) is 3.20. The molecule has 0 spiro atoms. The Morgan fingerprint density at radius 3 is 2.61 bits per heavy atom. The number of para-hydroxylation sites is 2. The van der Waals surface area contributed by atoms with Crippen molar-refractivity contribution in [1.82, 2.24) is 19.5 Å². The average molecular weight is 405 g/mol. The van der Waals surface area contributed by atoms with Crippen molar-refractivity contribution < 1.29 is 13.2 Å². The molecule has 0 amide bonds. The predicted octanol–water partition coefficient (Wildman–Crippen LogP) is 4.81. The number of rotatable bonds is 3. The molecule has 0 fully saturated rings. The van der Waals surface area contributed by atoms with Gasteiger partial charge in [0.2, 0.25) is 0 Å². The number of aromatic nitrogens is 4. The zero-order chi connectivity index (χ0) is 19.9. The van der Waals surface area contributed by atoms with E-state index in [1.54, 1.807) is 10.9 Å². The number of imidazole rings is 1. The molecule has 0 aliphatic carbocycles. The third-order valence-corrected chi connectivity index (χ3v) is 4.41. The predicted molar refractivity (Wildman–Crippen MR) is 101 cm³/mol. The van der Waals surface area contributed by atoms with Gasteiger partial charge < -0.3 is 11.1 Å². The lowest BCUT2D eigenvalue weighted by molar-refractivity contribution is -0.137. The van der Waals surface area contributed by atoms with E-state index in [9.17, 15) is 13.2 Å². The van der Waals surface area contributed by atoms with Gasteiger partial charge in [-0.25, -0.2) is 15.0 Å². The van der Waals surface area contributed by atoms with Crippen LogP contribution in [0.4, 0.5) is 30.4 Å². The molecule has 4 aromatic rings. The fourth-order valence-electron chi connectivity index (χ4n) is 2.76. The molecule has 142 valence electrons. The summed E-state index contributed by atoms with van der Waals surface area (Å²) in [6.45, 7) is 0. The van der Waals surface area contributed by atoms with Gasteiger partial charge in [-0.1, -0.05) is 23.7 Å². The SMILES string of the molecule is Nc1c(Nc2ccc(Cl)c(C(F)(F)F)c2)ncnc1-n1cnc2ccccc21. The summed E-state index contributed by atoms with van der Waals surface area (Å²) in [6.07, 6.45) is -1.74. The molecule has 0 atom stereocenters. The van der Waals surface area contributed by atoms with Gasteiger partial charge in [-0.15, -0.1) is 0 Å². The van der Waals surface area contributed by atoms with Crippen LogP contribution >= 0.6 is 11.6 Å². The second-order valence-corrected chi connectivity index (χ2v) is 6.29. The second kappa shape index (κ2) is 6.68. The quantitative estimate of drug-likeness (QED) is 0.512. The maximum Gasteiger partial charge on any atom is 0.417 e. The first-order valence-electron chi connectivity index (χ1n) is 8.01. The maximum absolute atomic E-state index is 13.1. The van der Waals surface area contributed by atoms with E-state index in [1.807, 2.05) is 24.3 Å². The first kappa shape index (κ1) is 18.1. The lowest BCUT2D eigenvalue weighted by Crippen LogP contribution is -2.09. The summed E-state index contributed by atoms with van der Waals surface area (Å²) in [5.74, 6) is 0.523. The molecular weight excluding hydrogens is 393 g/mol. The summed E-state index contributed by atoms with van der Waals surface area (Å²) in [6, 6.07) is 10.9. The Hall–Kier alpha value is -3.33. The summed E-state index contributed by atoms with van der Waals surface area (Å²) in [5, 5.41) is 2.40. The number of hydrogen-bond acceptors (Lipinski definition) is 5. The Kier molecular flexibility index (Phi) is 4.31. The molecule has 2 aromatic heterocycles. The monoisotopic (exact) mass is 404 g/mol. The summed E-state index contributed by atoms with van der Waals surface area (Å²) in [4.78, 5) is 12.5. The molecule has 4 rings (SSSR count). The fourth-order valence-corrected chi connectivity index (χ4v) is 2.99. The normalized spacial score (nSPS) is 11.7. The highest BCUT2D eigenvalue weighted by Crippen LogP contribution is 2.37. The number of anilines is 3. The minimum atomic E-state index is -4.58. The average Bonchev–Trinajstić information content (AvgIpc) is 3.08. The van der Waals surface area contributed by atoms with Crippen LogP contribution in [0.3, 0.4) is 0 Å². The van der Waals surface area contributed by atoms with Crippen LogP contribution in [0, 0.1) is 0 Å². The van der Waals surface area contributed by atoms with Crippen molar-refractivity contribution in [2.45, 2.75) is 6.18 Å². The van der Waals surface area contributed by atoms with Crippen molar-refractivity contribution >= 4 is 39.8 Å². The van der Waals surface area contributed by atoms with Crippen LogP contribution in [-0.2, 0) is 6.18 Å². The Morgan fingerprint density at radius 1 is 1.04 bits per heavy atom. The molecule has 0 bridgehead atoms. The van der Waals surface area contributed by atoms with Crippen molar-refractivity contribution in [3.8, 4) is 5.82 Å². The van der Waals surface area contributed by atoms with E-state index in [2.05, 4.69) is 20.3 Å². The fraction of sp³-hybridized carbons (Fsp3) is 0.0556. The molecule has 28 heavy (non-hydrogen) atoms. The number of halogens is 4. The van der Waals surface area contributed by atoms with Gasteiger partial charge in [0.05, 0.1) is 21.6 Å². The van der Waals surface area contributed by atoms with Crippen LogP contribution in [0.1, 0.15) is 5.56 Å². The first-order chi connectivity index (χ1) is 13.3. The van der Waals surface area contributed by atoms with E-state index >= 15 is 0 Å². The van der Waals surface area contributed by atoms with E-state index < -0.39 is 11.7 Å². The van der Waals surface area contributed by atoms with E-state index in [0.29, 0.717) is 5.82 Å². The molecule has 2 aromatic carbocycles. The lowest BCUT2D eigenvalue weighted by Gasteiger charge is -2.14. The minimum absolute atomic E-state index is 0.142. The molecule has 6 nitrogen and oxygen atoms in total. The molecular formula is C18H12ClF3N6. The zero-order valence-electron chi connectivity index (χ0n) is 14.1. The van der Waals surface area contributed by atoms with E-state index in [1.165, 1.54) is 12.4 Å². The molecule has 3 N–H and O–H groups in total. The molecule has 0 saturated carbocycles. The van der Waals surface area contributed by atoms with Gasteiger partial charge in [-0.3, -0.25) is 4.57 Å². The van der Waals surface area contributed by atoms with Crippen molar-refractivity contribution in [2.24, 2.45) is 0 Å². The highest BCUT2D eigenvalue weighted by atomic mass is 35.5. The van der Waals surface area contributed by atoms with Gasteiger partial charge >= 0.3 is 6.18 Å². The van der Waals surface area contributed by atoms with E-state index in [-0.39, 0.29) is 22.2 Å². The maximum atomic E-state index is 13.1. The second-order valence-electron chi connectivity index (χ2n) is 5.88. The van der Waals surface area contributed by atoms with Crippen LogP contribution in [0.2, 0.25) is 5.02 Å². The lowest BCUT2D eigenvalue weighted by atomic mass is 10.2. The largest absolute Gasteiger partial charge is 0.417 e. The van der Waals surface area contributed by atoms with Crippen molar-refractivity contribution in [2.75, 3.05) is 11.1 Å². The Labute approximate surface area is 161 Å². The zero-order valence-corrected chi connectivity index (χ0v) is 14.8. The van der Waals surface area contributed by atoms with Gasteiger partial charge in [-0.2, -0.15) is 13.2 Å². The summed E-state index contributed by atoms with van der Waals surface area (Å²) < 4.78 is 40.9. The van der Waals surface area contributed by atoms with Crippen LogP contribution in [0.25, 0.3) is 16.9 Å². The molecule has 0 radical (unpaired) electrons. The summed E-state index contributed by atoms with van der Waals surface area (Å²) in [5.41, 5.74) is 7.07. The summed E-state index contributed by atoms with van der Waals surface area (Å²) >= 11 is 5.66. The molecule has 0 unspecified atom stereocenters. The number of nitrogens with zero attached hydrogens (tertiary/aromatic N) is 4. The third-order valence-electron chi connectivity index (χ3n) is 4.08. The Morgan fingerprint density at radius 2 is 1.82 bits per heavy atom. The van der Waals surface area contributed by atoms with Gasteiger partial charge in [0.1, 0.15) is 18.3 Å². The van der Waals surface area contributed by atoms with Crippen LogP contribution in [-0.4, -0.2) is 19.5 Å². The van der Waals surface area contributed by atoms with Crippen LogP contribution in [0.5, 0.6) is 0 Å². The Balaban J connectivity index is 1.74. The molecule has 10 heteroatoms. The van der Waals surface area contributed by atoms with Gasteiger partial charge in [0, 0.05) is 5.69 Å². The molecule has 0 aliphatic heterocycles. The van der Waals surface area contributed by atoms with Crippen molar-refractivity contribution in [3.63, 3.8) is 0 Å². The van der Waals surface area contributed by atoms with E-state index in [4.69, 9.17) is 17.3 Å². The number of benzene rings is 2. The number of nitrogens with one attached hydrogen (secondary N) is 1. The van der Waals surface area contributed by atoms with Gasteiger partial charge in [-0.05, 0) is 30.3 Å².